The summed E-state index contributed by atoms with van der Waals surface area (Å²) < 4.78 is 0. The summed E-state index contributed by atoms with van der Waals surface area (Å²) in [5.74, 6) is -0.291. The van der Waals surface area contributed by atoms with Crippen molar-refractivity contribution >= 4 is 45.2 Å². The van der Waals surface area contributed by atoms with Crippen LogP contribution in [0, 0.1) is 12.8 Å². The fraction of sp³-hybridized carbons (Fsp3) is 0.308. The molecule has 33 heavy (non-hydrogen) atoms. The molecule has 1 atom stereocenters. The first kappa shape index (κ1) is 21.6. The summed E-state index contributed by atoms with van der Waals surface area (Å²) in [6, 6.07) is 12.1. The van der Waals surface area contributed by atoms with Crippen LogP contribution in [0.3, 0.4) is 0 Å². The molecule has 0 aliphatic carbocycles. The Hall–Kier alpha value is -3.25. The Bertz CT molecular complexity index is 1340. The number of carbonyl (C=O) groups excluding carboxylic acids is 2. The number of hydrogen-bond donors (Lipinski definition) is 3. The highest BCUT2D eigenvalue weighted by molar-refractivity contribution is 6.31. The second-order valence-corrected chi connectivity index (χ2v) is 9.34. The van der Waals surface area contributed by atoms with E-state index in [-0.39, 0.29) is 24.2 Å². The van der Waals surface area contributed by atoms with E-state index in [2.05, 4.69) is 40.4 Å². The Balaban J connectivity index is 1.14. The zero-order valence-corrected chi connectivity index (χ0v) is 19.3. The summed E-state index contributed by atoms with van der Waals surface area (Å²) in [4.78, 5) is 33.6. The number of fused-ring (bicyclic) bond motifs is 2. The molecule has 2 aromatic heterocycles. The van der Waals surface area contributed by atoms with E-state index in [4.69, 9.17) is 11.6 Å². The molecule has 0 unspecified atom stereocenters. The number of carbonyl (C=O) groups is 2. The van der Waals surface area contributed by atoms with Crippen LogP contribution in [0.5, 0.6) is 0 Å². The molecule has 1 fully saturated rings. The molecule has 0 saturated carbocycles. The highest BCUT2D eigenvalue weighted by Gasteiger charge is 2.33. The van der Waals surface area contributed by atoms with Crippen molar-refractivity contribution in [2.75, 3.05) is 19.6 Å². The Morgan fingerprint density at radius 1 is 1.06 bits per heavy atom. The second kappa shape index (κ2) is 8.94. The first-order valence-corrected chi connectivity index (χ1v) is 11.7. The lowest BCUT2D eigenvalue weighted by atomic mass is 10.1. The number of H-pyrrole nitrogens is 2. The van der Waals surface area contributed by atoms with Gasteiger partial charge in [-0.15, -0.1) is 0 Å². The number of amides is 2. The Morgan fingerprint density at radius 2 is 1.76 bits per heavy atom. The van der Waals surface area contributed by atoms with Gasteiger partial charge >= 0.3 is 0 Å². The fourth-order valence-electron chi connectivity index (χ4n) is 4.74. The summed E-state index contributed by atoms with van der Waals surface area (Å²) in [6.07, 6.45) is 5.73. The molecule has 0 radical (unpaired) electrons. The fourth-order valence-corrected chi connectivity index (χ4v) is 4.91. The predicted octanol–water partition coefficient (Wildman–Crippen LogP) is 4.36. The van der Waals surface area contributed by atoms with Gasteiger partial charge in [-0.25, -0.2) is 0 Å². The van der Waals surface area contributed by atoms with Crippen LogP contribution in [0.15, 0.2) is 48.8 Å². The number of hydrogen-bond acceptors (Lipinski definition) is 2. The van der Waals surface area contributed by atoms with Gasteiger partial charge in [0, 0.05) is 65.3 Å². The van der Waals surface area contributed by atoms with Crippen molar-refractivity contribution in [3.05, 3.63) is 70.5 Å². The minimum Gasteiger partial charge on any atom is -0.361 e. The van der Waals surface area contributed by atoms with E-state index >= 15 is 0 Å². The molecule has 1 saturated heterocycles. The van der Waals surface area contributed by atoms with Crippen molar-refractivity contribution in [3.63, 3.8) is 0 Å². The maximum Gasteiger partial charge on any atom is 0.225 e. The lowest BCUT2D eigenvalue weighted by molar-refractivity contribution is -0.129. The molecule has 0 bridgehead atoms. The van der Waals surface area contributed by atoms with Crippen LogP contribution in [0.4, 0.5) is 0 Å². The number of benzene rings is 2. The van der Waals surface area contributed by atoms with Gasteiger partial charge in [-0.1, -0.05) is 23.2 Å². The van der Waals surface area contributed by atoms with Crippen LogP contribution in [0.2, 0.25) is 5.02 Å². The van der Waals surface area contributed by atoms with Crippen molar-refractivity contribution in [2.24, 2.45) is 5.92 Å². The van der Waals surface area contributed by atoms with Gasteiger partial charge in [0.2, 0.25) is 11.8 Å². The summed E-state index contributed by atoms with van der Waals surface area (Å²) in [5, 5.41) is 6.01. The minimum atomic E-state index is -0.292. The molecule has 6 nitrogen and oxygen atoms in total. The maximum absolute atomic E-state index is 12.7. The normalized spacial score (nSPS) is 16.2. The van der Waals surface area contributed by atoms with Gasteiger partial charge in [0.25, 0.3) is 0 Å². The van der Waals surface area contributed by atoms with Gasteiger partial charge in [0.15, 0.2) is 0 Å². The maximum atomic E-state index is 12.7. The van der Waals surface area contributed by atoms with E-state index in [0.717, 1.165) is 34.8 Å². The number of rotatable bonds is 7. The largest absolute Gasteiger partial charge is 0.361 e. The van der Waals surface area contributed by atoms with Crippen LogP contribution in [-0.4, -0.2) is 46.3 Å². The number of aryl methyl sites for hydroxylation is 1. The minimum absolute atomic E-state index is 0.0410. The first-order valence-electron chi connectivity index (χ1n) is 11.4. The Labute approximate surface area is 197 Å². The summed E-state index contributed by atoms with van der Waals surface area (Å²) >= 11 is 6.14. The molecule has 170 valence electrons. The molecule has 4 aromatic rings. The molecule has 7 heteroatoms. The van der Waals surface area contributed by atoms with E-state index in [9.17, 15) is 9.59 Å². The predicted molar refractivity (Wildman–Crippen MR) is 131 cm³/mol. The van der Waals surface area contributed by atoms with E-state index in [1.165, 1.54) is 16.5 Å². The average molecular weight is 463 g/mol. The van der Waals surface area contributed by atoms with Crippen LogP contribution in [0.1, 0.15) is 23.1 Å². The van der Waals surface area contributed by atoms with Crippen LogP contribution >= 0.6 is 11.6 Å². The van der Waals surface area contributed by atoms with E-state index in [1.54, 1.807) is 4.90 Å². The lowest BCUT2D eigenvalue weighted by Gasteiger charge is -2.16. The average Bonchev–Trinajstić information content (AvgIpc) is 3.49. The number of likely N-dealkylation sites (tertiary alicyclic amines) is 1. The summed E-state index contributed by atoms with van der Waals surface area (Å²) in [5.41, 5.74) is 5.67. The number of nitrogens with zero attached hydrogens (tertiary/aromatic N) is 1. The molecule has 0 spiro atoms. The van der Waals surface area contributed by atoms with Crippen molar-refractivity contribution in [2.45, 2.75) is 26.2 Å². The Kier molecular flexibility index (Phi) is 5.85. The quantitative estimate of drug-likeness (QED) is 0.381. The van der Waals surface area contributed by atoms with Gasteiger partial charge < -0.3 is 20.2 Å². The summed E-state index contributed by atoms with van der Waals surface area (Å²) in [6.45, 7) is 3.70. The van der Waals surface area contributed by atoms with Gasteiger partial charge in [-0.2, -0.15) is 0 Å². The molecule has 3 N–H and O–H groups in total. The molecule has 5 rings (SSSR count). The first-order chi connectivity index (χ1) is 16.0. The zero-order valence-electron chi connectivity index (χ0n) is 18.6. The van der Waals surface area contributed by atoms with Crippen molar-refractivity contribution in [1.29, 1.82) is 0 Å². The highest BCUT2D eigenvalue weighted by atomic mass is 35.5. The SMILES string of the molecule is Cc1ccc2[nH]cc(CCNC(=O)[C@H]3CC(=O)N(CCc4c[nH]c5ccc(Cl)cc45)C3)c2c1. The highest BCUT2D eigenvalue weighted by Crippen LogP contribution is 2.25. The van der Waals surface area contributed by atoms with Gasteiger partial charge in [0.1, 0.15) is 0 Å². The van der Waals surface area contributed by atoms with Crippen molar-refractivity contribution in [1.82, 2.24) is 20.2 Å². The third kappa shape index (κ3) is 4.48. The van der Waals surface area contributed by atoms with E-state index in [0.29, 0.717) is 24.7 Å². The van der Waals surface area contributed by atoms with E-state index in [1.807, 2.05) is 30.6 Å². The standard InChI is InChI=1S/C26H27ClN4O2/c1-16-2-4-23-21(10-16)17(13-29-23)6-8-28-26(33)19-11-25(32)31(15-19)9-7-18-14-30-24-5-3-20(27)12-22(18)24/h2-5,10,12-14,19,29-30H,6-9,11,15H2,1H3,(H,28,33)/t19-/m0/s1. The summed E-state index contributed by atoms with van der Waals surface area (Å²) in [7, 11) is 0. The van der Waals surface area contributed by atoms with Crippen molar-refractivity contribution in [3.8, 4) is 0 Å². The number of nitrogens with one attached hydrogen (secondary N) is 3. The smallest absolute Gasteiger partial charge is 0.225 e. The topological polar surface area (TPSA) is 81.0 Å². The number of aromatic amines is 2. The molecule has 3 heterocycles. The number of halogens is 1. The van der Waals surface area contributed by atoms with Crippen LogP contribution in [-0.2, 0) is 22.4 Å². The molecular weight excluding hydrogens is 436 g/mol. The van der Waals surface area contributed by atoms with Gasteiger partial charge in [0.05, 0.1) is 5.92 Å². The van der Waals surface area contributed by atoms with Gasteiger partial charge in [-0.05, 0) is 61.2 Å². The third-order valence-corrected chi connectivity index (χ3v) is 6.82. The van der Waals surface area contributed by atoms with Gasteiger partial charge in [-0.3, -0.25) is 9.59 Å². The molecule has 1 aliphatic heterocycles. The van der Waals surface area contributed by atoms with Crippen LogP contribution < -0.4 is 5.32 Å². The Morgan fingerprint density at radius 3 is 2.55 bits per heavy atom. The molecule has 1 aliphatic rings. The van der Waals surface area contributed by atoms with Crippen LogP contribution in [0.25, 0.3) is 21.8 Å². The second-order valence-electron chi connectivity index (χ2n) is 8.90. The molecule has 2 aromatic carbocycles. The third-order valence-electron chi connectivity index (χ3n) is 6.58. The van der Waals surface area contributed by atoms with Crippen molar-refractivity contribution < 1.29 is 9.59 Å². The molecule has 2 amide bonds. The zero-order chi connectivity index (χ0) is 22.9. The lowest BCUT2D eigenvalue weighted by Crippen LogP contribution is -2.34. The monoisotopic (exact) mass is 462 g/mol. The van der Waals surface area contributed by atoms with E-state index < -0.39 is 0 Å². The molecular formula is C26H27ClN4O2. The number of aromatic nitrogens is 2.